The van der Waals surface area contributed by atoms with Crippen molar-refractivity contribution in [2.45, 2.75) is 0 Å². The molecule has 0 bridgehead atoms. The van der Waals surface area contributed by atoms with Crippen LogP contribution < -0.4 is 0 Å². The zero-order chi connectivity index (χ0) is 11.7. The highest BCUT2D eigenvalue weighted by Gasteiger charge is 2.15. The summed E-state index contributed by atoms with van der Waals surface area (Å²) < 4.78 is 0. The fourth-order valence-electron chi connectivity index (χ4n) is 1.40. The maximum Gasteiger partial charge on any atom is 0.186 e. The zero-order valence-corrected chi connectivity index (χ0v) is 9.55. The number of ketones is 2. The van der Waals surface area contributed by atoms with E-state index in [0.29, 0.717) is 21.2 Å². The van der Waals surface area contributed by atoms with Crippen LogP contribution in [0, 0.1) is 0 Å². The molecule has 0 saturated heterocycles. The van der Waals surface area contributed by atoms with Gasteiger partial charge in [-0.3, -0.25) is 9.59 Å². The van der Waals surface area contributed by atoms with Gasteiger partial charge in [-0.1, -0.05) is 29.3 Å². The Kier molecular flexibility index (Phi) is 2.95. The smallest absolute Gasteiger partial charge is 0.186 e. The molecule has 0 unspecified atom stereocenters. The van der Waals surface area contributed by atoms with E-state index in [2.05, 4.69) is 0 Å². The molecule has 0 radical (unpaired) electrons. The van der Waals surface area contributed by atoms with Crippen molar-refractivity contribution in [2.24, 2.45) is 0 Å². The lowest BCUT2D eigenvalue weighted by molar-refractivity contribution is -0.113. The first kappa shape index (κ1) is 11.1. The van der Waals surface area contributed by atoms with E-state index in [9.17, 15) is 9.59 Å². The predicted molar refractivity (Wildman–Crippen MR) is 63.6 cm³/mol. The van der Waals surface area contributed by atoms with Crippen molar-refractivity contribution in [3.05, 3.63) is 52.0 Å². The molecule has 0 spiro atoms. The molecule has 0 aromatic heterocycles. The fraction of sp³-hybridized carbons (Fsp3) is 0. The molecule has 2 rings (SSSR count). The number of hydrogen-bond donors (Lipinski definition) is 0. The van der Waals surface area contributed by atoms with Crippen LogP contribution in [0.25, 0.3) is 5.57 Å². The average molecular weight is 253 g/mol. The minimum atomic E-state index is -0.210. The Balaban J connectivity index is 2.48. The van der Waals surface area contributed by atoms with Gasteiger partial charge in [0.05, 0.1) is 10.0 Å². The third kappa shape index (κ3) is 2.08. The fourth-order valence-corrected chi connectivity index (χ4v) is 1.70. The Bertz CT molecular complexity index is 542. The molecular formula is C12H6Cl2O2. The van der Waals surface area contributed by atoms with E-state index < -0.39 is 0 Å². The molecule has 0 amide bonds. The topological polar surface area (TPSA) is 34.1 Å². The predicted octanol–water partition coefficient (Wildman–Crippen LogP) is 3.08. The highest BCUT2D eigenvalue weighted by molar-refractivity contribution is 6.42. The van der Waals surface area contributed by atoms with Crippen LogP contribution in [0.1, 0.15) is 5.56 Å². The number of carbonyl (C=O) groups is 2. The lowest BCUT2D eigenvalue weighted by Gasteiger charge is -2.07. The van der Waals surface area contributed by atoms with E-state index in [0.717, 1.165) is 0 Å². The second-order valence-corrected chi connectivity index (χ2v) is 4.10. The van der Waals surface area contributed by atoms with Gasteiger partial charge >= 0.3 is 0 Å². The van der Waals surface area contributed by atoms with Crippen molar-refractivity contribution in [1.82, 2.24) is 0 Å². The Morgan fingerprint density at radius 2 is 1.69 bits per heavy atom. The largest absolute Gasteiger partial charge is 0.290 e. The molecule has 0 saturated carbocycles. The summed E-state index contributed by atoms with van der Waals surface area (Å²) in [5.41, 5.74) is 0.933. The first-order chi connectivity index (χ1) is 7.58. The molecule has 1 aromatic carbocycles. The van der Waals surface area contributed by atoms with Crippen molar-refractivity contribution in [1.29, 1.82) is 0 Å². The molecule has 0 heterocycles. The number of allylic oxidation sites excluding steroid dienone is 4. The lowest BCUT2D eigenvalue weighted by Crippen LogP contribution is -2.06. The van der Waals surface area contributed by atoms with Crippen molar-refractivity contribution in [3.63, 3.8) is 0 Å². The summed E-state index contributed by atoms with van der Waals surface area (Å²) in [6.45, 7) is 0. The molecule has 2 nitrogen and oxygen atoms in total. The quantitative estimate of drug-likeness (QED) is 0.720. The second-order valence-electron chi connectivity index (χ2n) is 3.29. The summed E-state index contributed by atoms with van der Waals surface area (Å²) in [5.74, 6) is -0.418. The molecule has 0 aliphatic heterocycles. The Morgan fingerprint density at radius 3 is 2.38 bits per heavy atom. The molecule has 4 heteroatoms. The van der Waals surface area contributed by atoms with Gasteiger partial charge < -0.3 is 0 Å². The first-order valence-electron chi connectivity index (χ1n) is 4.51. The highest BCUT2D eigenvalue weighted by Crippen LogP contribution is 2.27. The van der Waals surface area contributed by atoms with Crippen LogP contribution in [0.3, 0.4) is 0 Å². The standard InChI is InChI=1S/C12H6Cl2O2/c13-10-3-1-7(5-11(10)14)9-6-8(15)2-4-12(9)16/h1-6H. The van der Waals surface area contributed by atoms with Crippen LogP contribution in [0.15, 0.2) is 36.4 Å². The normalized spacial score (nSPS) is 15.2. The van der Waals surface area contributed by atoms with Gasteiger partial charge in [0, 0.05) is 5.57 Å². The van der Waals surface area contributed by atoms with Crippen LogP contribution in [0.4, 0.5) is 0 Å². The number of benzene rings is 1. The van der Waals surface area contributed by atoms with Gasteiger partial charge in [-0.25, -0.2) is 0 Å². The van der Waals surface area contributed by atoms with E-state index in [-0.39, 0.29) is 11.6 Å². The minimum absolute atomic E-state index is 0.208. The molecule has 1 aromatic rings. The molecule has 80 valence electrons. The summed E-state index contributed by atoms with van der Waals surface area (Å²) in [7, 11) is 0. The summed E-state index contributed by atoms with van der Waals surface area (Å²) >= 11 is 11.6. The number of carbonyl (C=O) groups excluding carboxylic acids is 2. The minimum Gasteiger partial charge on any atom is -0.290 e. The Labute approximate surface area is 102 Å². The lowest BCUT2D eigenvalue weighted by atomic mass is 9.96. The van der Waals surface area contributed by atoms with E-state index >= 15 is 0 Å². The highest BCUT2D eigenvalue weighted by atomic mass is 35.5. The van der Waals surface area contributed by atoms with Crippen LogP contribution in [-0.4, -0.2) is 11.6 Å². The van der Waals surface area contributed by atoms with Crippen molar-refractivity contribution >= 4 is 40.3 Å². The van der Waals surface area contributed by atoms with Gasteiger partial charge in [0.15, 0.2) is 11.6 Å². The van der Waals surface area contributed by atoms with Gasteiger partial charge in [0.1, 0.15) is 0 Å². The van der Waals surface area contributed by atoms with Crippen molar-refractivity contribution in [3.8, 4) is 0 Å². The summed E-state index contributed by atoms with van der Waals surface area (Å²) in [6.07, 6.45) is 3.78. The average Bonchev–Trinajstić information content (AvgIpc) is 2.26. The third-order valence-corrected chi connectivity index (χ3v) is 2.92. The molecular weight excluding hydrogens is 247 g/mol. The monoisotopic (exact) mass is 252 g/mol. The number of rotatable bonds is 1. The zero-order valence-electron chi connectivity index (χ0n) is 8.04. The maximum absolute atomic E-state index is 11.6. The van der Waals surface area contributed by atoms with Crippen molar-refractivity contribution in [2.75, 3.05) is 0 Å². The van der Waals surface area contributed by atoms with Gasteiger partial charge in [0.2, 0.25) is 0 Å². The molecule has 16 heavy (non-hydrogen) atoms. The molecule has 0 fully saturated rings. The Morgan fingerprint density at radius 1 is 0.938 bits per heavy atom. The van der Waals surface area contributed by atoms with Gasteiger partial charge in [-0.05, 0) is 35.9 Å². The third-order valence-electron chi connectivity index (χ3n) is 2.18. The van der Waals surface area contributed by atoms with Crippen LogP contribution in [0.2, 0.25) is 10.0 Å². The van der Waals surface area contributed by atoms with Crippen LogP contribution >= 0.6 is 23.2 Å². The van der Waals surface area contributed by atoms with Gasteiger partial charge in [-0.15, -0.1) is 0 Å². The molecule has 0 atom stereocenters. The number of hydrogen-bond acceptors (Lipinski definition) is 2. The summed E-state index contributed by atoms with van der Waals surface area (Å²) in [5, 5.41) is 0.769. The number of halogens is 2. The maximum atomic E-state index is 11.6. The summed E-state index contributed by atoms with van der Waals surface area (Å²) in [4.78, 5) is 22.7. The molecule has 1 aliphatic carbocycles. The van der Waals surface area contributed by atoms with Crippen molar-refractivity contribution < 1.29 is 9.59 Å². The SMILES string of the molecule is O=C1C=CC(=O)C(c2ccc(Cl)c(Cl)c2)=C1. The second kappa shape index (κ2) is 4.24. The van der Waals surface area contributed by atoms with E-state index in [1.165, 1.54) is 18.2 Å². The van der Waals surface area contributed by atoms with Gasteiger partial charge in [-0.2, -0.15) is 0 Å². The van der Waals surface area contributed by atoms with E-state index in [1.54, 1.807) is 18.2 Å². The van der Waals surface area contributed by atoms with Gasteiger partial charge in [0.25, 0.3) is 0 Å². The molecule has 0 N–H and O–H groups in total. The first-order valence-corrected chi connectivity index (χ1v) is 5.27. The van der Waals surface area contributed by atoms with Crippen LogP contribution in [0.5, 0.6) is 0 Å². The van der Waals surface area contributed by atoms with Crippen LogP contribution in [-0.2, 0) is 9.59 Å². The molecule has 1 aliphatic rings. The van der Waals surface area contributed by atoms with E-state index in [1.807, 2.05) is 0 Å². The summed E-state index contributed by atoms with van der Waals surface area (Å²) in [6, 6.07) is 4.82. The Hall–Kier alpha value is -1.38. The van der Waals surface area contributed by atoms with E-state index in [4.69, 9.17) is 23.2 Å².